The van der Waals surface area contributed by atoms with Crippen molar-refractivity contribution in [2.75, 3.05) is 27.2 Å². The van der Waals surface area contributed by atoms with Crippen molar-refractivity contribution >= 4 is 23.9 Å². The van der Waals surface area contributed by atoms with Crippen molar-refractivity contribution in [3.05, 3.63) is 144 Å². The highest BCUT2D eigenvalue weighted by Gasteiger charge is 2.38. The molecule has 14 heteroatoms. The highest BCUT2D eigenvalue weighted by Crippen LogP contribution is 2.36. The molecule has 6 aromatic rings. The summed E-state index contributed by atoms with van der Waals surface area (Å²) in [5, 5.41) is 10.8. The van der Waals surface area contributed by atoms with Gasteiger partial charge in [0.2, 0.25) is 11.8 Å². The molecule has 2 saturated heterocycles. The van der Waals surface area contributed by atoms with E-state index in [2.05, 4.69) is 79.8 Å². The van der Waals surface area contributed by atoms with Gasteiger partial charge < -0.3 is 41.0 Å². The van der Waals surface area contributed by atoms with Gasteiger partial charge in [-0.1, -0.05) is 109 Å². The lowest BCUT2D eigenvalue weighted by molar-refractivity contribution is -0.135. The average Bonchev–Trinajstić information content (AvgIpc) is 4.15. The number of nitrogens with zero attached hydrogens (tertiary/aromatic N) is 4. The second-order valence-electron chi connectivity index (χ2n) is 15.0. The second-order valence-corrected chi connectivity index (χ2v) is 15.0. The van der Waals surface area contributed by atoms with E-state index in [-0.39, 0.29) is 23.9 Å². The maximum atomic E-state index is 13.9. The molecule has 0 spiro atoms. The van der Waals surface area contributed by atoms with Crippen LogP contribution in [0.2, 0.25) is 0 Å². The molecule has 0 radical (unpaired) electrons. The number of carbonyl (C=O) groups excluding carboxylic acids is 4. The van der Waals surface area contributed by atoms with Crippen LogP contribution >= 0.6 is 0 Å². The number of benzene rings is 4. The summed E-state index contributed by atoms with van der Waals surface area (Å²) in [4.78, 5) is 72.5. The summed E-state index contributed by atoms with van der Waals surface area (Å²) in [7, 11) is 3.06. The van der Waals surface area contributed by atoms with Gasteiger partial charge in [0.1, 0.15) is 23.7 Å². The quantitative estimate of drug-likeness (QED) is 0.0838. The molecule has 4 heterocycles. The van der Waals surface area contributed by atoms with E-state index in [9.17, 15) is 19.2 Å². The number of carbonyl (C=O) groups is 4. The summed E-state index contributed by atoms with van der Waals surface area (Å²) in [5.74, 6) is 1.08. The Morgan fingerprint density at radius 1 is 0.550 bits per heavy atom. The first-order chi connectivity index (χ1) is 29.3. The normalized spacial score (nSPS) is 17.2. The summed E-state index contributed by atoms with van der Waals surface area (Å²) < 4.78 is 0. The van der Waals surface area contributed by atoms with Crippen LogP contribution < -0.4 is 21.3 Å². The minimum Gasteiger partial charge on any atom is -0.341 e. The molecule has 306 valence electrons. The molecule has 0 saturated carbocycles. The number of hydrogen-bond acceptors (Lipinski definition) is 6. The maximum absolute atomic E-state index is 13.9. The second kappa shape index (κ2) is 17.7. The van der Waals surface area contributed by atoms with Crippen LogP contribution in [0.4, 0.5) is 9.59 Å². The van der Waals surface area contributed by atoms with Crippen molar-refractivity contribution in [2.24, 2.45) is 0 Å². The van der Waals surface area contributed by atoms with Crippen LogP contribution in [-0.2, 0) is 9.59 Å². The Morgan fingerprint density at radius 2 is 0.917 bits per heavy atom. The Kier molecular flexibility index (Phi) is 11.7. The van der Waals surface area contributed by atoms with Crippen molar-refractivity contribution in [2.45, 2.75) is 49.9 Å². The Hall–Kier alpha value is -7.22. The number of aromatic amines is 2. The molecule has 60 heavy (non-hydrogen) atoms. The van der Waals surface area contributed by atoms with Crippen LogP contribution in [0.25, 0.3) is 33.6 Å². The van der Waals surface area contributed by atoms with E-state index in [1.807, 2.05) is 70.5 Å². The number of H-pyrrole nitrogens is 2. The van der Waals surface area contributed by atoms with Gasteiger partial charge in [-0.2, -0.15) is 0 Å². The van der Waals surface area contributed by atoms with Crippen LogP contribution in [-0.4, -0.2) is 80.8 Å². The Morgan fingerprint density at radius 3 is 1.28 bits per heavy atom. The monoisotopic (exact) mass is 804 g/mol. The number of urea groups is 2. The molecule has 6 N–H and O–H groups in total. The molecule has 4 atom stereocenters. The lowest BCUT2D eigenvalue weighted by atomic mass is 10.0. The third-order valence-corrected chi connectivity index (χ3v) is 11.4. The summed E-state index contributed by atoms with van der Waals surface area (Å²) in [5.41, 5.74) is 7.18. The van der Waals surface area contributed by atoms with Gasteiger partial charge in [0.25, 0.3) is 0 Å². The Balaban J connectivity index is 0.928. The number of aromatic nitrogens is 4. The molecular weight excluding hydrogens is 757 g/mol. The molecule has 8 rings (SSSR count). The van der Waals surface area contributed by atoms with Crippen molar-refractivity contribution in [3.8, 4) is 33.6 Å². The van der Waals surface area contributed by atoms with Crippen LogP contribution in [0.3, 0.4) is 0 Å². The predicted molar refractivity (Wildman–Crippen MR) is 228 cm³/mol. The molecular formula is C46H48N10O4. The number of rotatable bonds is 11. The lowest BCUT2D eigenvalue weighted by Crippen LogP contribution is -2.45. The predicted octanol–water partition coefficient (Wildman–Crippen LogP) is 6.80. The smallest absolute Gasteiger partial charge is 0.315 e. The topological polar surface area (TPSA) is 180 Å². The molecule has 14 nitrogen and oxygen atoms in total. The molecule has 4 aromatic carbocycles. The molecule has 2 aliphatic rings. The van der Waals surface area contributed by atoms with E-state index in [0.29, 0.717) is 24.7 Å². The zero-order chi connectivity index (χ0) is 41.6. The highest BCUT2D eigenvalue weighted by atomic mass is 16.2. The zero-order valence-electron chi connectivity index (χ0n) is 33.5. The van der Waals surface area contributed by atoms with Crippen LogP contribution in [0.1, 0.15) is 72.6 Å². The summed E-state index contributed by atoms with van der Waals surface area (Å²) in [6, 6.07) is 32.1. The minimum atomic E-state index is -0.820. The number of amides is 6. The first-order valence-electron chi connectivity index (χ1n) is 20.3. The largest absolute Gasteiger partial charge is 0.341 e. The van der Waals surface area contributed by atoms with Crippen molar-refractivity contribution in [1.29, 1.82) is 0 Å². The number of nitrogens with one attached hydrogen (secondary N) is 6. The van der Waals surface area contributed by atoms with E-state index in [1.165, 1.54) is 14.1 Å². The van der Waals surface area contributed by atoms with E-state index in [4.69, 9.17) is 9.97 Å². The maximum Gasteiger partial charge on any atom is 0.315 e. The third-order valence-electron chi connectivity index (χ3n) is 11.4. The van der Waals surface area contributed by atoms with E-state index >= 15 is 0 Å². The van der Waals surface area contributed by atoms with Crippen molar-refractivity contribution < 1.29 is 19.2 Å². The molecule has 2 aliphatic heterocycles. The zero-order valence-corrected chi connectivity index (χ0v) is 33.5. The average molecular weight is 805 g/mol. The highest BCUT2D eigenvalue weighted by molar-refractivity contribution is 5.89. The molecule has 0 bridgehead atoms. The van der Waals surface area contributed by atoms with Crippen LogP contribution in [0.15, 0.2) is 122 Å². The minimum absolute atomic E-state index is 0.175. The molecule has 2 fully saturated rings. The molecule has 0 unspecified atom stereocenters. The SMILES string of the molecule is CNC(=O)N[C@@H](C(=O)N1CCC[C@H]1c1ncc(-c2ccc(-c3ccc(-c4cnc([C@@H]5CCCN5C(=O)[C@H](NC(=O)NC)c5ccccc5)[nH]4)cc3)cc2)[nH]1)c1ccccc1. The summed E-state index contributed by atoms with van der Waals surface area (Å²) in [6.07, 6.45) is 6.80. The number of hydrogen-bond donors (Lipinski definition) is 6. The first-order valence-corrected chi connectivity index (χ1v) is 20.3. The van der Waals surface area contributed by atoms with Gasteiger partial charge in [-0.05, 0) is 59.1 Å². The Bertz CT molecular complexity index is 2260. The number of imidazole rings is 2. The fraction of sp³-hybridized carbons (Fsp3) is 0.261. The molecule has 6 amide bonds. The first kappa shape index (κ1) is 39.6. The van der Waals surface area contributed by atoms with Gasteiger partial charge in [0, 0.05) is 27.2 Å². The van der Waals surface area contributed by atoms with E-state index in [1.54, 1.807) is 12.4 Å². The molecule has 0 aliphatic carbocycles. The van der Waals surface area contributed by atoms with Crippen LogP contribution in [0, 0.1) is 0 Å². The standard InChI is InChI=1S/C46H48N10O4/c1-47-45(59)53-39(33-11-5-3-6-12-33)43(57)55-25-9-15-37(55)41-49-27-35(51-41)31-21-17-29(18-22-31)30-19-23-32(24-20-30)36-28-50-42(52-36)38-16-10-26-56(38)44(58)40(54-46(60)48-2)34-13-7-4-8-14-34/h3-8,11-14,17-24,27-28,37-40H,9-10,15-16,25-26H2,1-2H3,(H,49,51)(H,50,52)(H2,47,53,59)(H2,48,54,60)/t37-,38-,39+,40+/m0/s1. The fourth-order valence-corrected chi connectivity index (χ4v) is 8.22. The fourth-order valence-electron chi connectivity index (χ4n) is 8.22. The Labute approximate surface area is 348 Å². The van der Waals surface area contributed by atoms with E-state index < -0.39 is 24.1 Å². The van der Waals surface area contributed by atoms with Gasteiger partial charge in [-0.3, -0.25) is 9.59 Å². The number of likely N-dealkylation sites (tertiary alicyclic amines) is 2. The summed E-state index contributed by atoms with van der Waals surface area (Å²) >= 11 is 0. The van der Waals surface area contributed by atoms with Gasteiger partial charge in [-0.25, -0.2) is 19.6 Å². The van der Waals surface area contributed by atoms with Gasteiger partial charge in [-0.15, -0.1) is 0 Å². The van der Waals surface area contributed by atoms with Gasteiger partial charge in [0.05, 0.1) is 35.9 Å². The third kappa shape index (κ3) is 8.35. The van der Waals surface area contributed by atoms with Crippen LogP contribution in [0.5, 0.6) is 0 Å². The van der Waals surface area contributed by atoms with E-state index in [0.717, 1.165) is 70.5 Å². The summed E-state index contributed by atoms with van der Waals surface area (Å²) in [6.45, 7) is 1.14. The lowest BCUT2D eigenvalue weighted by Gasteiger charge is -2.28. The van der Waals surface area contributed by atoms with Crippen molar-refractivity contribution in [1.82, 2.24) is 51.0 Å². The van der Waals surface area contributed by atoms with Crippen molar-refractivity contribution in [3.63, 3.8) is 0 Å². The van der Waals surface area contributed by atoms with Gasteiger partial charge in [0.15, 0.2) is 0 Å². The van der Waals surface area contributed by atoms with Gasteiger partial charge >= 0.3 is 12.1 Å². The molecule has 2 aromatic heterocycles.